The first kappa shape index (κ1) is 8.26. The predicted octanol–water partition coefficient (Wildman–Crippen LogP) is 1.57. The van der Waals surface area contributed by atoms with Crippen molar-refractivity contribution < 1.29 is 18.0 Å². The Hall–Kier alpha value is -0.740. The van der Waals surface area contributed by atoms with E-state index in [0.717, 1.165) is 13.0 Å². The standard InChI is InChI=1S/C3H5NO.CHF3/c1-2-4-5-3-1;2-1(3)4/h2H,1,3H2;1H. The maximum absolute atomic E-state index is 9.67. The second-order valence-corrected chi connectivity index (χ2v) is 1.16. The summed E-state index contributed by atoms with van der Waals surface area (Å²) in [6.07, 6.45) is 2.75. The number of oxime groups is 1. The molecule has 0 N–H and O–H groups in total. The molecule has 0 atom stereocenters. The Morgan fingerprint density at radius 1 is 1.44 bits per heavy atom. The van der Waals surface area contributed by atoms with Gasteiger partial charge in [-0.05, 0) is 0 Å². The monoisotopic (exact) mass is 141 g/mol. The molecule has 1 rings (SSSR count). The normalized spacial score (nSPS) is 14.7. The van der Waals surface area contributed by atoms with Gasteiger partial charge in [-0.1, -0.05) is 5.16 Å². The average molecular weight is 141 g/mol. The van der Waals surface area contributed by atoms with Crippen LogP contribution in [0.4, 0.5) is 13.2 Å². The predicted molar refractivity (Wildman–Crippen MR) is 26.2 cm³/mol. The Bertz CT molecular complexity index is 77.1. The second-order valence-electron chi connectivity index (χ2n) is 1.16. The van der Waals surface area contributed by atoms with E-state index in [2.05, 4.69) is 9.99 Å². The molecule has 0 fully saturated rings. The maximum atomic E-state index is 9.67. The van der Waals surface area contributed by atoms with Crippen LogP contribution in [0.25, 0.3) is 0 Å². The smallest absolute Gasteiger partial charge is 0.379 e. The van der Waals surface area contributed by atoms with Crippen molar-refractivity contribution in [1.82, 2.24) is 0 Å². The van der Waals surface area contributed by atoms with Crippen molar-refractivity contribution in [3.05, 3.63) is 0 Å². The molecule has 0 saturated heterocycles. The van der Waals surface area contributed by atoms with Gasteiger partial charge in [-0.2, -0.15) is 13.2 Å². The summed E-state index contributed by atoms with van der Waals surface area (Å²) in [5.74, 6) is 0. The van der Waals surface area contributed by atoms with Crippen LogP contribution in [0.15, 0.2) is 5.16 Å². The van der Waals surface area contributed by atoms with Crippen LogP contribution >= 0.6 is 0 Å². The molecule has 0 saturated carbocycles. The van der Waals surface area contributed by atoms with Crippen molar-refractivity contribution in [2.24, 2.45) is 5.16 Å². The number of hydrogen-bond acceptors (Lipinski definition) is 2. The Labute approximate surface area is 50.3 Å². The molecular weight excluding hydrogens is 135 g/mol. The maximum Gasteiger partial charge on any atom is 0.379 e. The van der Waals surface area contributed by atoms with E-state index in [-0.39, 0.29) is 0 Å². The van der Waals surface area contributed by atoms with Crippen molar-refractivity contribution in [1.29, 1.82) is 0 Å². The molecule has 1 heterocycles. The topological polar surface area (TPSA) is 21.6 Å². The largest absolute Gasteiger partial charge is 0.396 e. The Kier molecular flexibility index (Phi) is 4.95. The number of halogens is 3. The van der Waals surface area contributed by atoms with Crippen LogP contribution in [0.3, 0.4) is 0 Å². The molecule has 0 bridgehead atoms. The first-order chi connectivity index (χ1) is 4.23. The van der Waals surface area contributed by atoms with E-state index in [0.29, 0.717) is 0 Å². The van der Waals surface area contributed by atoms with E-state index in [4.69, 9.17) is 0 Å². The molecular formula is C4H6F3NO. The van der Waals surface area contributed by atoms with Gasteiger partial charge in [0.2, 0.25) is 0 Å². The minimum Gasteiger partial charge on any atom is -0.396 e. The van der Waals surface area contributed by atoms with Crippen LogP contribution in [0.1, 0.15) is 6.42 Å². The summed E-state index contributed by atoms with van der Waals surface area (Å²) in [6.45, 7) is -2.89. The van der Waals surface area contributed by atoms with E-state index in [1.165, 1.54) is 0 Å². The molecule has 0 aromatic rings. The molecule has 1 aliphatic rings. The molecule has 0 amide bonds. The van der Waals surface area contributed by atoms with Gasteiger partial charge in [-0.3, -0.25) is 0 Å². The molecule has 5 heteroatoms. The third-order valence-corrected chi connectivity index (χ3v) is 0.487. The van der Waals surface area contributed by atoms with Crippen LogP contribution in [-0.2, 0) is 4.84 Å². The Balaban J connectivity index is 0.000000148. The number of rotatable bonds is 0. The van der Waals surface area contributed by atoms with Gasteiger partial charge in [0.1, 0.15) is 6.61 Å². The fraction of sp³-hybridized carbons (Fsp3) is 0.750. The highest BCUT2D eigenvalue weighted by Crippen LogP contribution is 1.87. The fourth-order valence-electron chi connectivity index (χ4n) is 0.264. The molecule has 0 aliphatic carbocycles. The van der Waals surface area contributed by atoms with E-state index in [1.807, 2.05) is 0 Å². The van der Waals surface area contributed by atoms with Crippen LogP contribution in [0.5, 0.6) is 0 Å². The second kappa shape index (κ2) is 5.40. The van der Waals surface area contributed by atoms with Gasteiger partial charge in [-0.25, -0.2) is 0 Å². The minimum atomic E-state index is -3.67. The average Bonchev–Trinajstić information content (AvgIpc) is 2.11. The molecule has 9 heavy (non-hydrogen) atoms. The lowest BCUT2D eigenvalue weighted by molar-refractivity contribution is 0.00819. The highest BCUT2D eigenvalue weighted by molar-refractivity contribution is 5.57. The quantitative estimate of drug-likeness (QED) is 0.501. The van der Waals surface area contributed by atoms with Crippen molar-refractivity contribution in [3.8, 4) is 0 Å². The van der Waals surface area contributed by atoms with Gasteiger partial charge in [0.15, 0.2) is 0 Å². The lowest BCUT2D eigenvalue weighted by Crippen LogP contribution is -1.72. The van der Waals surface area contributed by atoms with E-state index < -0.39 is 6.68 Å². The summed E-state index contributed by atoms with van der Waals surface area (Å²) in [4.78, 5) is 4.51. The molecule has 2 nitrogen and oxygen atoms in total. The van der Waals surface area contributed by atoms with Crippen LogP contribution in [0.2, 0.25) is 0 Å². The summed E-state index contributed by atoms with van der Waals surface area (Å²) < 4.78 is 29.0. The van der Waals surface area contributed by atoms with Gasteiger partial charge < -0.3 is 4.84 Å². The minimum absolute atomic E-state index is 0.778. The van der Waals surface area contributed by atoms with Crippen LogP contribution in [0, 0.1) is 0 Å². The summed E-state index contributed by atoms with van der Waals surface area (Å²) >= 11 is 0. The highest BCUT2D eigenvalue weighted by atomic mass is 19.4. The highest BCUT2D eigenvalue weighted by Gasteiger charge is 1.86. The summed E-state index contributed by atoms with van der Waals surface area (Å²) in [5.41, 5.74) is 0. The molecule has 0 spiro atoms. The lowest BCUT2D eigenvalue weighted by Gasteiger charge is -1.76. The summed E-state index contributed by atoms with van der Waals surface area (Å²) in [7, 11) is 0. The Morgan fingerprint density at radius 2 is 2.00 bits per heavy atom. The molecule has 0 aromatic carbocycles. The van der Waals surface area contributed by atoms with Crippen molar-refractivity contribution >= 4 is 6.21 Å². The molecule has 0 unspecified atom stereocenters. The van der Waals surface area contributed by atoms with Crippen molar-refractivity contribution in [2.45, 2.75) is 13.1 Å². The van der Waals surface area contributed by atoms with Crippen LogP contribution in [-0.4, -0.2) is 19.5 Å². The van der Waals surface area contributed by atoms with Gasteiger partial charge in [0, 0.05) is 12.6 Å². The van der Waals surface area contributed by atoms with Crippen LogP contribution < -0.4 is 0 Å². The zero-order chi connectivity index (χ0) is 7.11. The molecule has 54 valence electrons. The first-order valence-electron chi connectivity index (χ1n) is 2.29. The third kappa shape index (κ3) is 11.1. The fourth-order valence-corrected chi connectivity index (χ4v) is 0.264. The summed E-state index contributed by atoms with van der Waals surface area (Å²) in [6, 6.07) is 0. The summed E-state index contributed by atoms with van der Waals surface area (Å²) in [5, 5.41) is 3.46. The lowest BCUT2D eigenvalue weighted by atomic mass is 10.5. The van der Waals surface area contributed by atoms with Crippen molar-refractivity contribution in [2.75, 3.05) is 6.61 Å². The van der Waals surface area contributed by atoms with Crippen molar-refractivity contribution in [3.63, 3.8) is 0 Å². The SMILES string of the molecule is C1=NOCC1.FC(F)F. The van der Waals surface area contributed by atoms with Gasteiger partial charge in [0.05, 0.1) is 0 Å². The molecule has 1 aliphatic heterocycles. The number of alkyl halides is 3. The van der Waals surface area contributed by atoms with E-state index in [1.54, 1.807) is 6.21 Å². The number of nitrogens with zero attached hydrogens (tertiary/aromatic N) is 1. The zero-order valence-electron chi connectivity index (χ0n) is 4.56. The van der Waals surface area contributed by atoms with E-state index in [9.17, 15) is 13.2 Å². The zero-order valence-corrected chi connectivity index (χ0v) is 4.56. The van der Waals surface area contributed by atoms with Gasteiger partial charge in [0.25, 0.3) is 0 Å². The Morgan fingerprint density at radius 3 is 2.11 bits per heavy atom. The molecule has 0 aromatic heterocycles. The van der Waals surface area contributed by atoms with Gasteiger partial charge in [-0.15, -0.1) is 0 Å². The number of hydrogen-bond donors (Lipinski definition) is 0. The first-order valence-corrected chi connectivity index (χ1v) is 2.29. The third-order valence-electron chi connectivity index (χ3n) is 0.487. The van der Waals surface area contributed by atoms with E-state index >= 15 is 0 Å². The van der Waals surface area contributed by atoms with Gasteiger partial charge >= 0.3 is 6.68 Å². The molecule has 0 radical (unpaired) electrons.